The number of hydrogen-bond acceptors (Lipinski definition) is 2. The Kier molecular flexibility index (Phi) is 4.44. The molecular weight excluding hydrogens is 334 g/mol. The molecule has 0 radical (unpaired) electrons. The van der Waals surface area contributed by atoms with Crippen molar-refractivity contribution in [2.24, 2.45) is 0 Å². The number of nitrogens with zero attached hydrogens (tertiary/aromatic N) is 1. The molecule has 1 N–H and O–H groups in total. The summed E-state index contributed by atoms with van der Waals surface area (Å²) in [4.78, 5) is 16.5. The van der Waals surface area contributed by atoms with Gasteiger partial charge in [-0.3, -0.25) is 9.78 Å². The van der Waals surface area contributed by atoms with Crippen molar-refractivity contribution >= 4 is 28.4 Å². The molecule has 2 aromatic carbocycles. The van der Waals surface area contributed by atoms with Crippen LogP contribution in [0.25, 0.3) is 10.9 Å². The predicted octanol–water partition coefficient (Wildman–Crippen LogP) is 4.40. The van der Waals surface area contributed by atoms with Gasteiger partial charge in [0.25, 0.3) is 5.91 Å². The Hall–Kier alpha value is -2.53. The number of nitrogens with one attached hydrogen (secondary N) is 1. The maximum Gasteiger partial charge on any atom is 0.253 e. The summed E-state index contributed by atoms with van der Waals surface area (Å²) in [5, 5.41) is 3.48. The topological polar surface area (TPSA) is 42.0 Å². The molecule has 0 atom stereocenters. The minimum absolute atomic E-state index is 0.105. The zero-order valence-electron chi connectivity index (χ0n) is 12.7. The molecule has 1 amide bonds. The third-order valence-electron chi connectivity index (χ3n) is 3.81. The van der Waals surface area contributed by atoms with Crippen LogP contribution in [0.3, 0.4) is 0 Å². The molecule has 122 valence electrons. The molecule has 0 unspecified atom stereocenters. The first kappa shape index (κ1) is 16.3. The SMILES string of the molecule is Cc1ccc2ncccc2c1CNC(=O)c1cc(F)c(F)cc1Cl. The van der Waals surface area contributed by atoms with Gasteiger partial charge in [-0.1, -0.05) is 23.7 Å². The lowest BCUT2D eigenvalue weighted by Gasteiger charge is -2.12. The van der Waals surface area contributed by atoms with Crippen LogP contribution in [-0.2, 0) is 6.54 Å². The number of halogens is 3. The highest BCUT2D eigenvalue weighted by atomic mass is 35.5. The van der Waals surface area contributed by atoms with Gasteiger partial charge in [-0.2, -0.15) is 0 Å². The van der Waals surface area contributed by atoms with Crippen LogP contribution in [0, 0.1) is 18.6 Å². The van der Waals surface area contributed by atoms with Crippen molar-refractivity contribution in [1.82, 2.24) is 10.3 Å². The zero-order chi connectivity index (χ0) is 17.3. The molecule has 0 spiro atoms. The quantitative estimate of drug-likeness (QED) is 0.714. The zero-order valence-corrected chi connectivity index (χ0v) is 13.5. The van der Waals surface area contributed by atoms with Crippen molar-refractivity contribution in [3.63, 3.8) is 0 Å². The van der Waals surface area contributed by atoms with Gasteiger partial charge in [-0.15, -0.1) is 0 Å². The number of hydrogen-bond donors (Lipinski definition) is 1. The highest BCUT2D eigenvalue weighted by Gasteiger charge is 2.15. The van der Waals surface area contributed by atoms with Gasteiger partial charge in [-0.25, -0.2) is 8.78 Å². The molecule has 0 bridgehead atoms. The van der Waals surface area contributed by atoms with E-state index in [2.05, 4.69) is 10.3 Å². The summed E-state index contributed by atoms with van der Waals surface area (Å²) in [6.45, 7) is 2.15. The van der Waals surface area contributed by atoms with Crippen LogP contribution in [0.2, 0.25) is 5.02 Å². The number of benzene rings is 2. The Bertz CT molecular complexity index is 944. The molecule has 0 aliphatic rings. The molecule has 3 nitrogen and oxygen atoms in total. The summed E-state index contributed by atoms with van der Waals surface area (Å²) >= 11 is 5.83. The highest BCUT2D eigenvalue weighted by molar-refractivity contribution is 6.33. The van der Waals surface area contributed by atoms with Gasteiger partial charge in [0.1, 0.15) is 0 Å². The lowest BCUT2D eigenvalue weighted by molar-refractivity contribution is 0.0950. The molecule has 1 aromatic heterocycles. The van der Waals surface area contributed by atoms with E-state index in [1.165, 1.54) is 0 Å². The van der Waals surface area contributed by atoms with E-state index in [-0.39, 0.29) is 17.1 Å². The maximum atomic E-state index is 13.3. The largest absolute Gasteiger partial charge is 0.348 e. The van der Waals surface area contributed by atoms with Crippen molar-refractivity contribution < 1.29 is 13.6 Å². The van der Waals surface area contributed by atoms with Crippen molar-refractivity contribution in [3.8, 4) is 0 Å². The minimum Gasteiger partial charge on any atom is -0.348 e. The van der Waals surface area contributed by atoms with Gasteiger partial charge in [0, 0.05) is 18.1 Å². The molecule has 0 aliphatic carbocycles. The van der Waals surface area contributed by atoms with Gasteiger partial charge < -0.3 is 5.32 Å². The highest BCUT2D eigenvalue weighted by Crippen LogP contribution is 2.22. The molecule has 0 aliphatic heterocycles. The van der Waals surface area contributed by atoms with Crippen LogP contribution in [-0.4, -0.2) is 10.9 Å². The Labute approximate surface area is 142 Å². The summed E-state index contributed by atoms with van der Waals surface area (Å²) in [5.41, 5.74) is 2.62. The lowest BCUT2D eigenvalue weighted by Crippen LogP contribution is -2.24. The van der Waals surface area contributed by atoms with Gasteiger partial charge in [-0.05, 0) is 42.3 Å². The lowest BCUT2D eigenvalue weighted by atomic mass is 10.0. The molecule has 0 fully saturated rings. The fraction of sp³-hybridized carbons (Fsp3) is 0.111. The first-order valence-corrected chi connectivity index (χ1v) is 7.61. The average Bonchev–Trinajstić information content (AvgIpc) is 2.57. The van der Waals surface area contributed by atoms with E-state index in [4.69, 9.17) is 11.6 Å². The maximum absolute atomic E-state index is 13.3. The summed E-state index contributed by atoms with van der Waals surface area (Å²) in [6.07, 6.45) is 1.70. The normalized spacial score (nSPS) is 10.8. The molecule has 0 saturated carbocycles. The first-order chi connectivity index (χ1) is 11.5. The number of rotatable bonds is 3. The third kappa shape index (κ3) is 3.08. The van der Waals surface area contributed by atoms with Gasteiger partial charge in [0.2, 0.25) is 0 Å². The fourth-order valence-corrected chi connectivity index (χ4v) is 2.75. The number of carbonyl (C=O) groups is 1. The summed E-state index contributed by atoms with van der Waals surface area (Å²) in [6, 6.07) is 9.15. The molecule has 6 heteroatoms. The summed E-state index contributed by atoms with van der Waals surface area (Å²) < 4.78 is 26.4. The number of amides is 1. The third-order valence-corrected chi connectivity index (χ3v) is 4.12. The van der Waals surface area contributed by atoms with Crippen LogP contribution in [0.5, 0.6) is 0 Å². The van der Waals surface area contributed by atoms with Gasteiger partial charge >= 0.3 is 0 Å². The first-order valence-electron chi connectivity index (χ1n) is 7.23. The number of aromatic nitrogens is 1. The number of pyridine rings is 1. The Morgan fingerprint density at radius 3 is 2.75 bits per heavy atom. The standard InChI is InChI=1S/C18H13ClF2N2O/c1-10-4-5-17-11(3-2-6-22-17)13(10)9-23-18(24)12-7-15(20)16(21)8-14(12)19/h2-8H,9H2,1H3,(H,23,24). The number of aryl methyl sites for hydroxylation is 1. The molecule has 3 rings (SSSR count). The summed E-state index contributed by atoms with van der Waals surface area (Å²) in [7, 11) is 0. The number of fused-ring (bicyclic) bond motifs is 1. The second-order valence-electron chi connectivity index (χ2n) is 5.36. The Balaban J connectivity index is 1.88. The van der Waals surface area contributed by atoms with Crippen LogP contribution >= 0.6 is 11.6 Å². The van der Waals surface area contributed by atoms with Crippen LogP contribution < -0.4 is 5.32 Å². The van der Waals surface area contributed by atoms with E-state index in [9.17, 15) is 13.6 Å². The van der Waals surface area contributed by atoms with Crippen molar-refractivity contribution in [3.05, 3.63) is 75.9 Å². The van der Waals surface area contributed by atoms with E-state index in [0.29, 0.717) is 0 Å². The van der Waals surface area contributed by atoms with Crippen molar-refractivity contribution in [2.45, 2.75) is 13.5 Å². The molecule has 0 saturated heterocycles. The van der Waals surface area contributed by atoms with Gasteiger partial charge in [0.15, 0.2) is 11.6 Å². The fourth-order valence-electron chi connectivity index (χ4n) is 2.52. The van der Waals surface area contributed by atoms with Crippen molar-refractivity contribution in [2.75, 3.05) is 0 Å². The molecule has 3 aromatic rings. The predicted molar refractivity (Wildman–Crippen MR) is 89.0 cm³/mol. The second-order valence-corrected chi connectivity index (χ2v) is 5.77. The van der Waals surface area contributed by atoms with Crippen LogP contribution in [0.1, 0.15) is 21.5 Å². The molecular formula is C18H13ClF2N2O. The Morgan fingerprint density at radius 1 is 1.21 bits per heavy atom. The van der Waals surface area contributed by atoms with E-state index < -0.39 is 17.5 Å². The average molecular weight is 347 g/mol. The van der Waals surface area contributed by atoms with E-state index in [1.807, 2.05) is 31.2 Å². The van der Waals surface area contributed by atoms with Crippen LogP contribution in [0.4, 0.5) is 8.78 Å². The monoisotopic (exact) mass is 346 g/mol. The molecule has 1 heterocycles. The second kappa shape index (κ2) is 6.53. The van der Waals surface area contributed by atoms with Gasteiger partial charge in [0.05, 0.1) is 16.1 Å². The van der Waals surface area contributed by atoms with E-state index in [0.717, 1.165) is 34.2 Å². The Morgan fingerprint density at radius 2 is 1.96 bits per heavy atom. The van der Waals surface area contributed by atoms with Crippen molar-refractivity contribution in [1.29, 1.82) is 0 Å². The van der Waals surface area contributed by atoms with Crippen LogP contribution in [0.15, 0.2) is 42.6 Å². The number of carbonyl (C=O) groups excluding carboxylic acids is 1. The molecule has 24 heavy (non-hydrogen) atoms. The minimum atomic E-state index is -1.12. The smallest absolute Gasteiger partial charge is 0.253 e. The van der Waals surface area contributed by atoms with E-state index >= 15 is 0 Å². The van der Waals surface area contributed by atoms with E-state index in [1.54, 1.807) is 6.20 Å². The summed E-state index contributed by atoms with van der Waals surface area (Å²) in [5.74, 6) is -2.78.